The van der Waals surface area contributed by atoms with Crippen LogP contribution in [0.4, 0.5) is 11.4 Å². The number of aliphatic carboxylic acids is 1. The fourth-order valence-electron chi connectivity index (χ4n) is 5.62. The quantitative estimate of drug-likeness (QED) is 0.0474. The predicted molar refractivity (Wildman–Crippen MR) is 228 cm³/mol. The number of aromatic nitrogens is 1. The number of carboxylic acids is 1. The molecule has 292 valence electrons. The number of nitrogens with one attached hydrogen (secondary N) is 3. The Kier molecular flexibility index (Phi) is 17.3. The molecule has 0 saturated carbocycles. The number of carboxylic acid groups (broad SMARTS) is 1. The van der Waals surface area contributed by atoms with Crippen molar-refractivity contribution in [2.45, 2.75) is 31.5 Å². The molecule has 0 spiro atoms. The molecule has 0 aliphatic rings. The third kappa shape index (κ3) is 12.9. The van der Waals surface area contributed by atoms with Gasteiger partial charge in [0.2, 0.25) is 0 Å². The molecule has 56 heavy (non-hydrogen) atoms. The minimum Gasteiger partial charge on any atom is -0.480 e. The number of esters is 1. The number of hydrogen-bond donors (Lipinski definition) is 5. The number of pyridine rings is 1. The Hall–Kier alpha value is -5.79. The molecule has 4 aromatic carbocycles. The molecule has 0 aliphatic heterocycles. The number of nitrogens with zero attached hydrogens (tertiary/aromatic N) is 1. The van der Waals surface area contributed by atoms with Gasteiger partial charge in [-0.3, -0.25) is 14.6 Å². The van der Waals surface area contributed by atoms with Crippen LogP contribution in [-0.4, -0.2) is 77.1 Å². The second-order valence-electron chi connectivity index (χ2n) is 12.5. The van der Waals surface area contributed by atoms with Crippen LogP contribution in [0.5, 0.6) is 0 Å². The summed E-state index contributed by atoms with van der Waals surface area (Å²) >= 11 is 3.16. The number of hydrogen-bond acceptors (Lipinski definition) is 10. The van der Waals surface area contributed by atoms with Gasteiger partial charge < -0.3 is 31.5 Å². The second-order valence-corrected chi connectivity index (χ2v) is 14.5. The van der Waals surface area contributed by atoms with Crippen molar-refractivity contribution in [2.75, 3.05) is 42.2 Å². The average molecular weight is 794 g/mol. The highest BCUT2D eigenvalue weighted by Crippen LogP contribution is 2.28. The van der Waals surface area contributed by atoms with Crippen LogP contribution in [0.25, 0.3) is 22.3 Å². The van der Waals surface area contributed by atoms with Gasteiger partial charge in [0.15, 0.2) is 0 Å². The zero-order valence-corrected chi connectivity index (χ0v) is 33.2. The van der Waals surface area contributed by atoms with Crippen LogP contribution in [0, 0.1) is 0 Å². The number of benzene rings is 4. The van der Waals surface area contributed by atoms with E-state index >= 15 is 0 Å². The zero-order valence-electron chi connectivity index (χ0n) is 31.6. The summed E-state index contributed by atoms with van der Waals surface area (Å²) in [5.41, 5.74) is 12.5. The molecule has 0 bridgehead atoms. The van der Waals surface area contributed by atoms with E-state index in [0.717, 1.165) is 33.7 Å². The molecule has 0 aliphatic carbocycles. The van der Waals surface area contributed by atoms with Crippen molar-refractivity contribution in [1.82, 2.24) is 15.6 Å². The first-order valence-corrected chi connectivity index (χ1v) is 20.6. The lowest BCUT2D eigenvalue weighted by atomic mass is 9.98. The standard InChI is InChI=1S/C25H27N3O3S.C18H20N2O3S/c1-31-25(30)23(12-14-32-2)28-24(29)21-11-10-20(27-17-18-7-6-13-26-16-18)15-22(21)19-8-4-3-5-9-19;1-24-10-9-16(18(22)23)20-17(21)14-8-7-13(19)11-15(14)12-5-3-2-4-6-12/h3-11,13,15-16,23,27H,12,14,17H2,1-2H3,(H,28,29);2-8,11,16H,9-10,19H2,1H3,(H,20,21)(H,22,23)/t23-;16-/m00/s1. The molecule has 1 heterocycles. The molecule has 13 heteroatoms. The van der Waals surface area contributed by atoms with Crippen LogP contribution in [0.3, 0.4) is 0 Å². The van der Waals surface area contributed by atoms with Gasteiger partial charge >= 0.3 is 11.9 Å². The lowest BCUT2D eigenvalue weighted by Crippen LogP contribution is -2.42. The zero-order chi connectivity index (χ0) is 40.3. The van der Waals surface area contributed by atoms with Gasteiger partial charge in [0.05, 0.1) is 7.11 Å². The van der Waals surface area contributed by atoms with Crippen LogP contribution >= 0.6 is 23.5 Å². The Bertz CT molecular complexity index is 2040. The van der Waals surface area contributed by atoms with E-state index in [1.807, 2.05) is 104 Å². The van der Waals surface area contributed by atoms with E-state index in [9.17, 15) is 24.3 Å². The molecular formula is C43H47N5O6S2. The van der Waals surface area contributed by atoms with Crippen molar-refractivity contribution in [2.24, 2.45) is 0 Å². The minimum atomic E-state index is -1.03. The van der Waals surface area contributed by atoms with Gasteiger partial charge in [-0.1, -0.05) is 66.7 Å². The van der Waals surface area contributed by atoms with Gasteiger partial charge in [-0.2, -0.15) is 23.5 Å². The van der Waals surface area contributed by atoms with Crippen LogP contribution < -0.4 is 21.7 Å². The van der Waals surface area contributed by atoms with E-state index in [2.05, 4.69) is 20.9 Å². The van der Waals surface area contributed by atoms with Crippen molar-refractivity contribution >= 4 is 58.7 Å². The number of nitrogen functional groups attached to an aromatic ring is 1. The van der Waals surface area contributed by atoms with E-state index in [1.165, 1.54) is 7.11 Å². The second kappa shape index (κ2) is 22.6. The molecule has 0 unspecified atom stereocenters. The summed E-state index contributed by atoms with van der Waals surface area (Å²) in [7, 11) is 1.33. The van der Waals surface area contributed by atoms with E-state index < -0.39 is 29.9 Å². The maximum Gasteiger partial charge on any atom is 0.328 e. The van der Waals surface area contributed by atoms with Crippen LogP contribution in [0.2, 0.25) is 0 Å². The highest BCUT2D eigenvalue weighted by molar-refractivity contribution is 7.98. The van der Waals surface area contributed by atoms with Crippen LogP contribution in [-0.2, 0) is 20.9 Å². The summed E-state index contributed by atoms with van der Waals surface area (Å²) in [6.45, 7) is 0.618. The first kappa shape index (κ1) is 42.9. The number of amides is 2. The van der Waals surface area contributed by atoms with Crippen molar-refractivity contribution < 1.29 is 29.0 Å². The number of carbonyl (C=O) groups excluding carboxylic acids is 3. The normalized spacial score (nSPS) is 11.6. The smallest absolute Gasteiger partial charge is 0.328 e. The number of methoxy groups -OCH3 is 1. The summed E-state index contributed by atoms with van der Waals surface area (Å²) in [5, 5.41) is 18.1. The lowest BCUT2D eigenvalue weighted by molar-refractivity contribution is -0.143. The number of anilines is 2. The number of nitrogens with two attached hydrogens (primary N) is 1. The predicted octanol–water partition coefficient (Wildman–Crippen LogP) is 7.26. The summed E-state index contributed by atoms with van der Waals surface area (Å²) < 4.78 is 4.88. The average Bonchev–Trinajstić information content (AvgIpc) is 3.23. The molecule has 11 nitrogen and oxygen atoms in total. The van der Waals surface area contributed by atoms with Crippen molar-refractivity contribution in [3.8, 4) is 22.3 Å². The molecule has 2 atom stereocenters. The third-order valence-corrected chi connectivity index (χ3v) is 9.85. The van der Waals surface area contributed by atoms with Crippen molar-refractivity contribution in [3.05, 3.63) is 138 Å². The molecule has 2 amide bonds. The maximum atomic E-state index is 13.2. The lowest BCUT2D eigenvalue weighted by Gasteiger charge is -2.18. The maximum absolute atomic E-state index is 13.2. The van der Waals surface area contributed by atoms with Gasteiger partial charge in [-0.05, 0) is 107 Å². The number of carbonyl (C=O) groups is 4. The molecule has 0 fully saturated rings. The first-order chi connectivity index (χ1) is 27.1. The molecular weight excluding hydrogens is 747 g/mol. The molecule has 5 rings (SSSR count). The third-order valence-electron chi connectivity index (χ3n) is 8.56. The minimum absolute atomic E-state index is 0.306. The van der Waals surface area contributed by atoms with Gasteiger partial charge in [-0.25, -0.2) is 9.59 Å². The monoisotopic (exact) mass is 793 g/mol. The molecule has 5 aromatic rings. The van der Waals surface area contributed by atoms with E-state index in [-0.39, 0.29) is 5.91 Å². The first-order valence-electron chi connectivity index (χ1n) is 17.8. The molecule has 0 saturated heterocycles. The van der Waals surface area contributed by atoms with Gasteiger partial charge in [0, 0.05) is 41.4 Å². The summed E-state index contributed by atoms with van der Waals surface area (Å²) in [5.74, 6) is -0.799. The highest BCUT2D eigenvalue weighted by Gasteiger charge is 2.24. The highest BCUT2D eigenvalue weighted by atomic mass is 32.2. The molecule has 1 aromatic heterocycles. The van der Waals surface area contributed by atoms with Gasteiger partial charge in [0.1, 0.15) is 12.1 Å². The molecule has 6 N–H and O–H groups in total. The summed E-state index contributed by atoms with van der Waals surface area (Å²) in [6.07, 6.45) is 8.29. The van der Waals surface area contributed by atoms with Gasteiger partial charge in [-0.15, -0.1) is 0 Å². The van der Waals surface area contributed by atoms with Gasteiger partial charge in [0.25, 0.3) is 11.8 Å². The van der Waals surface area contributed by atoms with Crippen LogP contribution in [0.1, 0.15) is 39.1 Å². The number of thioether (sulfide) groups is 2. The SMILES string of the molecule is COC(=O)[C@H](CCSC)NC(=O)c1ccc(NCc2cccnc2)cc1-c1ccccc1.CSCC[C@H](NC(=O)c1ccc(N)cc1-c1ccccc1)C(=O)O. The Morgan fingerprint density at radius 3 is 1.82 bits per heavy atom. The Labute approximate surface area is 336 Å². The Morgan fingerprint density at radius 2 is 1.29 bits per heavy atom. The summed E-state index contributed by atoms with van der Waals surface area (Å²) in [4.78, 5) is 53.4. The van der Waals surface area contributed by atoms with E-state index in [1.54, 1.807) is 54.0 Å². The van der Waals surface area contributed by atoms with Crippen molar-refractivity contribution in [1.29, 1.82) is 0 Å². The van der Waals surface area contributed by atoms with E-state index in [0.29, 0.717) is 47.5 Å². The topological polar surface area (TPSA) is 173 Å². The molecule has 0 radical (unpaired) electrons. The van der Waals surface area contributed by atoms with Crippen LogP contribution in [0.15, 0.2) is 122 Å². The summed E-state index contributed by atoms with van der Waals surface area (Å²) in [6, 6.07) is 32.0. The largest absolute Gasteiger partial charge is 0.480 e. The van der Waals surface area contributed by atoms with E-state index in [4.69, 9.17) is 10.5 Å². The Balaban J connectivity index is 0.000000259. The number of rotatable bonds is 17. The fourth-order valence-corrected chi connectivity index (χ4v) is 6.57. The fraction of sp³-hybridized carbons (Fsp3) is 0.233. The van der Waals surface area contributed by atoms with Crippen molar-refractivity contribution in [3.63, 3.8) is 0 Å². The number of ether oxygens (including phenoxy) is 1. The Morgan fingerprint density at radius 1 is 0.732 bits per heavy atom.